The van der Waals surface area contributed by atoms with E-state index in [2.05, 4.69) is 65.3 Å². The van der Waals surface area contributed by atoms with Crippen molar-refractivity contribution >= 4 is 11.7 Å². The van der Waals surface area contributed by atoms with E-state index in [1.165, 1.54) is 16.8 Å². The number of esters is 1. The fourth-order valence-corrected chi connectivity index (χ4v) is 5.48. The van der Waals surface area contributed by atoms with Gasteiger partial charge in [-0.05, 0) is 73.2 Å². The smallest absolute Gasteiger partial charge is 0.316 e. The highest BCUT2D eigenvalue weighted by molar-refractivity contribution is 5.83. The summed E-state index contributed by atoms with van der Waals surface area (Å²) in [6.45, 7) is 9.68. The number of ether oxygens (including phenoxy) is 2. The Bertz CT molecular complexity index is 1140. The first-order valence-electron chi connectivity index (χ1n) is 14.0. The van der Waals surface area contributed by atoms with Crippen LogP contribution in [0, 0.1) is 0 Å². The number of rotatable bonds is 12. The van der Waals surface area contributed by atoms with Gasteiger partial charge >= 0.3 is 5.97 Å². The third-order valence-corrected chi connectivity index (χ3v) is 7.84. The van der Waals surface area contributed by atoms with Crippen LogP contribution in [0.3, 0.4) is 0 Å². The van der Waals surface area contributed by atoms with Gasteiger partial charge in [-0.25, -0.2) is 0 Å². The molecule has 0 saturated carbocycles. The minimum atomic E-state index is -0.569. The molecule has 0 aliphatic carbocycles. The Kier molecular flexibility index (Phi) is 9.83. The summed E-state index contributed by atoms with van der Waals surface area (Å²) in [5, 5.41) is 0. The van der Waals surface area contributed by atoms with E-state index in [-0.39, 0.29) is 5.97 Å². The lowest BCUT2D eigenvalue weighted by atomic mass is 9.74. The minimum absolute atomic E-state index is 0.0744. The largest absolute Gasteiger partial charge is 0.497 e. The molecule has 0 radical (unpaired) electrons. The average Bonchev–Trinajstić information content (AvgIpc) is 2.99. The Morgan fingerprint density at radius 2 is 1.61 bits per heavy atom. The van der Waals surface area contributed by atoms with Gasteiger partial charge in [-0.15, -0.1) is 0 Å². The highest BCUT2D eigenvalue weighted by atomic mass is 16.5. The maximum atomic E-state index is 13.3. The number of hydrogen-bond donors (Lipinski definition) is 0. The Labute approximate surface area is 228 Å². The van der Waals surface area contributed by atoms with E-state index in [0.717, 1.165) is 69.7 Å². The molecule has 0 amide bonds. The minimum Gasteiger partial charge on any atom is -0.497 e. The van der Waals surface area contributed by atoms with Crippen molar-refractivity contribution in [2.24, 2.45) is 0 Å². The summed E-state index contributed by atoms with van der Waals surface area (Å²) in [5.74, 6) is 0.799. The number of carbonyl (C=O) groups is 1. The predicted molar refractivity (Wildman–Crippen MR) is 156 cm³/mol. The van der Waals surface area contributed by atoms with Crippen LogP contribution in [0.2, 0.25) is 0 Å². The van der Waals surface area contributed by atoms with Gasteiger partial charge in [0, 0.05) is 31.9 Å². The molecule has 5 nitrogen and oxygen atoms in total. The van der Waals surface area contributed by atoms with E-state index in [4.69, 9.17) is 9.47 Å². The van der Waals surface area contributed by atoms with E-state index < -0.39 is 5.41 Å². The zero-order valence-electron chi connectivity index (χ0n) is 23.2. The summed E-state index contributed by atoms with van der Waals surface area (Å²) in [6, 6.07) is 27.3. The van der Waals surface area contributed by atoms with Gasteiger partial charge in [-0.2, -0.15) is 0 Å². The predicted octanol–water partition coefficient (Wildman–Crippen LogP) is 6.57. The molecule has 0 aromatic heterocycles. The summed E-state index contributed by atoms with van der Waals surface area (Å²) < 4.78 is 11.0. The zero-order chi connectivity index (χ0) is 26.8. The molecule has 5 heteroatoms. The van der Waals surface area contributed by atoms with Gasteiger partial charge in [0.2, 0.25) is 0 Å². The molecular formula is C33H42N2O3. The lowest BCUT2D eigenvalue weighted by molar-refractivity contribution is -0.151. The molecule has 1 aliphatic rings. The molecule has 1 atom stereocenters. The van der Waals surface area contributed by atoms with Crippen LogP contribution in [-0.4, -0.2) is 57.3 Å². The first kappa shape index (κ1) is 27.7. The van der Waals surface area contributed by atoms with Gasteiger partial charge < -0.3 is 14.4 Å². The lowest BCUT2D eigenvalue weighted by Crippen LogP contribution is -2.47. The first-order chi connectivity index (χ1) is 18.6. The molecule has 3 aromatic carbocycles. The van der Waals surface area contributed by atoms with Crippen molar-refractivity contribution in [1.82, 2.24) is 4.90 Å². The number of nitrogens with zero attached hydrogens (tertiary/aromatic N) is 2. The van der Waals surface area contributed by atoms with Crippen molar-refractivity contribution in [3.05, 3.63) is 84.4 Å². The second kappa shape index (κ2) is 13.5. The van der Waals surface area contributed by atoms with Gasteiger partial charge in [-0.3, -0.25) is 9.69 Å². The molecule has 0 bridgehead atoms. The van der Waals surface area contributed by atoms with Crippen molar-refractivity contribution < 1.29 is 14.3 Å². The lowest BCUT2D eigenvalue weighted by Gasteiger charge is -2.37. The Morgan fingerprint density at radius 1 is 0.868 bits per heavy atom. The molecule has 1 saturated heterocycles. The van der Waals surface area contributed by atoms with Crippen LogP contribution in [0.5, 0.6) is 5.75 Å². The van der Waals surface area contributed by atoms with E-state index in [0.29, 0.717) is 6.61 Å². The summed E-state index contributed by atoms with van der Waals surface area (Å²) in [5.41, 5.74) is 4.19. The second-order valence-electron chi connectivity index (χ2n) is 10.1. The maximum absolute atomic E-state index is 13.3. The fourth-order valence-electron chi connectivity index (χ4n) is 5.48. The van der Waals surface area contributed by atoms with Gasteiger partial charge in [0.25, 0.3) is 0 Å². The van der Waals surface area contributed by atoms with E-state index in [9.17, 15) is 4.79 Å². The molecular weight excluding hydrogens is 472 g/mol. The Morgan fingerprint density at radius 3 is 2.26 bits per heavy atom. The molecule has 4 rings (SSSR count). The normalized spacial score (nSPS) is 15.6. The number of piperazine rings is 1. The topological polar surface area (TPSA) is 42.0 Å². The third-order valence-electron chi connectivity index (χ3n) is 7.84. The van der Waals surface area contributed by atoms with Gasteiger partial charge in [-0.1, -0.05) is 68.4 Å². The molecule has 0 spiro atoms. The van der Waals surface area contributed by atoms with Crippen molar-refractivity contribution in [2.75, 3.05) is 51.3 Å². The van der Waals surface area contributed by atoms with E-state index >= 15 is 0 Å². The maximum Gasteiger partial charge on any atom is 0.316 e. The number of methoxy groups -OCH3 is 1. The SMILES string of the molecule is CCCOC(=O)C(CC)(CCCN1CCN(c2cccc(-c3ccc(OC)cc3)c2)CC1)c1ccccc1. The molecule has 3 aromatic rings. The molecule has 1 aliphatic heterocycles. The highest BCUT2D eigenvalue weighted by Crippen LogP contribution is 2.35. The van der Waals surface area contributed by atoms with E-state index in [1.54, 1.807) is 7.11 Å². The van der Waals surface area contributed by atoms with Gasteiger partial charge in [0.05, 0.1) is 19.1 Å². The van der Waals surface area contributed by atoms with E-state index in [1.807, 2.05) is 37.3 Å². The molecule has 1 fully saturated rings. The zero-order valence-corrected chi connectivity index (χ0v) is 23.2. The third kappa shape index (κ3) is 6.57. The number of carbonyl (C=O) groups excluding carboxylic acids is 1. The Balaban J connectivity index is 1.34. The van der Waals surface area contributed by atoms with Crippen LogP contribution < -0.4 is 9.64 Å². The van der Waals surface area contributed by atoms with Crippen LogP contribution in [0.1, 0.15) is 45.1 Å². The summed E-state index contributed by atoms with van der Waals surface area (Å²) in [7, 11) is 1.69. The van der Waals surface area contributed by atoms with Crippen LogP contribution in [0.15, 0.2) is 78.9 Å². The number of anilines is 1. The van der Waals surface area contributed by atoms with Gasteiger partial charge in [0.1, 0.15) is 5.75 Å². The van der Waals surface area contributed by atoms with Crippen LogP contribution >= 0.6 is 0 Å². The van der Waals surface area contributed by atoms with Crippen molar-refractivity contribution in [3.63, 3.8) is 0 Å². The second-order valence-corrected chi connectivity index (χ2v) is 10.1. The van der Waals surface area contributed by atoms with Gasteiger partial charge in [0.15, 0.2) is 0 Å². The number of benzene rings is 3. The van der Waals surface area contributed by atoms with Crippen LogP contribution in [-0.2, 0) is 14.9 Å². The van der Waals surface area contributed by atoms with Crippen molar-refractivity contribution in [3.8, 4) is 16.9 Å². The fraction of sp³-hybridized carbons (Fsp3) is 0.424. The number of hydrogen-bond acceptors (Lipinski definition) is 5. The molecule has 0 N–H and O–H groups in total. The first-order valence-corrected chi connectivity index (χ1v) is 14.0. The Hall–Kier alpha value is -3.31. The highest BCUT2D eigenvalue weighted by Gasteiger charge is 2.39. The van der Waals surface area contributed by atoms with Crippen molar-refractivity contribution in [1.29, 1.82) is 0 Å². The molecule has 38 heavy (non-hydrogen) atoms. The molecule has 1 heterocycles. The summed E-state index contributed by atoms with van der Waals surface area (Å²) in [4.78, 5) is 18.3. The average molecular weight is 515 g/mol. The molecule has 1 unspecified atom stereocenters. The monoisotopic (exact) mass is 514 g/mol. The summed E-state index contributed by atoms with van der Waals surface area (Å²) in [6.07, 6.45) is 3.36. The van der Waals surface area contributed by atoms with Crippen LogP contribution in [0.4, 0.5) is 5.69 Å². The van der Waals surface area contributed by atoms with Crippen molar-refractivity contribution in [2.45, 2.75) is 44.9 Å². The molecule has 202 valence electrons. The standard InChI is InChI=1S/C33H42N2O3/c1-4-25-38-32(36)33(5-2,29-12-7-6-8-13-29)19-10-20-34-21-23-35(24-22-34)30-14-9-11-28(26-30)27-15-17-31(37-3)18-16-27/h6-9,11-18,26H,4-5,10,19-25H2,1-3H3. The summed E-state index contributed by atoms with van der Waals surface area (Å²) >= 11 is 0. The quantitative estimate of drug-likeness (QED) is 0.256. The van der Waals surface area contributed by atoms with Crippen LogP contribution in [0.25, 0.3) is 11.1 Å².